The predicted molar refractivity (Wildman–Crippen MR) is 95.9 cm³/mol. The number of carbonyl (C=O) groups is 1. The van der Waals surface area contributed by atoms with Gasteiger partial charge in [0.25, 0.3) is 5.91 Å². The highest BCUT2D eigenvalue weighted by molar-refractivity contribution is 7.89. The second-order valence-electron chi connectivity index (χ2n) is 6.35. The van der Waals surface area contributed by atoms with Crippen molar-refractivity contribution in [2.24, 2.45) is 0 Å². The van der Waals surface area contributed by atoms with E-state index in [1.165, 1.54) is 18.2 Å². The summed E-state index contributed by atoms with van der Waals surface area (Å²) >= 11 is 5.88. The fourth-order valence-corrected chi connectivity index (χ4v) is 3.69. The van der Waals surface area contributed by atoms with E-state index < -0.39 is 21.5 Å². The lowest BCUT2D eigenvalue weighted by Gasteiger charge is -2.20. The van der Waals surface area contributed by atoms with E-state index in [9.17, 15) is 13.2 Å². The molecule has 2 N–H and O–H groups in total. The average molecular weight is 367 g/mol. The van der Waals surface area contributed by atoms with Gasteiger partial charge in [0.2, 0.25) is 10.0 Å². The van der Waals surface area contributed by atoms with Crippen molar-refractivity contribution < 1.29 is 13.2 Å². The summed E-state index contributed by atoms with van der Waals surface area (Å²) in [5.41, 5.74) is 0.165. The van der Waals surface area contributed by atoms with E-state index >= 15 is 0 Å². The Balaban J connectivity index is 2.25. The summed E-state index contributed by atoms with van der Waals surface area (Å²) in [6, 6.07) is 12.6. The Morgan fingerprint density at radius 2 is 1.71 bits per heavy atom. The standard InChI is InChI=1S/C17H19ClN2O3S/c1-17(2,3)20-24(22,23)15-9-4-6-12(10-15)16(21)19-14-8-5-7-13(18)11-14/h4-11,20H,1-3H3,(H,19,21). The van der Waals surface area contributed by atoms with Crippen LogP contribution in [0.4, 0.5) is 5.69 Å². The summed E-state index contributed by atoms with van der Waals surface area (Å²) in [5, 5.41) is 3.19. The van der Waals surface area contributed by atoms with Crippen LogP contribution in [0.2, 0.25) is 5.02 Å². The Labute approximate surface area is 147 Å². The topological polar surface area (TPSA) is 75.3 Å². The number of benzene rings is 2. The van der Waals surface area contributed by atoms with Crippen molar-refractivity contribution >= 4 is 33.2 Å². The van der Waals surface area contributed by atoms with Crippen LogP contribution in [0.25, 0.3) is 0 Å². The molecular formula is C17H19ClN2O3S. The van der Waals surface area contributed by atoms with Gasteiger partial charge >= 0.3 is 0 Å². The molecule has 0 saturated carbocycles. The summed E-state index contributed by atoms with van der Waals surface area (Å²) in [5.74, 6) is -0.412. The minimum Gasteiger partial charge on any atom is -0.322 e. The van der Waals surface area contributed by atoms with Crippen LogP contribution in [0.5, 0.6) is 0 Å². The highest BCUT2D eigenvalue weighted by atomic mass is 35.5. The minimum atomic E-state index is -3.70. The molecular weight excluding hydrogens is 348 g/mol. The first kappa shape index (κ1) is 18.4. The summed E-state index contributed by atoms with van der Waals surface area (Å²) in [6.07, 6.45) is 0. The van der Waals surface area contributed by atoms with Crippen LogP contribution in [0.15, 0.2) is 53.4 Å². The number of rotatable bonds is 4. The SMILES string of the molecule is CC(C)(C)NS(=O)(=O)c1cccc(C(=O)Nc2cccc(Cl)c2)c1. The van der Waals surface area contributed by atoms with Gasteiger partial charge in [-0.25, -0.2) is 13.1 Å². The Bertz CT molecular complexity index is 858. The molecule has 24 heavy (non-hydrogen) atoms. The summed E-state index contributed by atoms with van der Waals surface area (Å²) in [6.45, 7) is 5.25. The maximum Gasteiger partial charge on any atom is 0.255 e. The molecule has 0 saturated heterocycles. The number of amides is 1. The molecule has 0 fully saturated rings. The maximum absolute atomic E-state index is 12.4. The molecule has 0 radical (unpaired) electrons. The van der Waals surface area contributed by atoms with E-state index in [4.69, 9.17) is 11.6 Å². The Kier molecular flexibility index (Phi) is 5.32. The summed E-state index contributed by atoms with van der Waals surface area (Å²) in [7, 11) is -3.70. The van der Waals surface area contributed by atoms with E-state index in [0.29, 0.717) is 10.7 Å². The lowest BCUT2D eigenvalue weighted by atomic mass is 10.1. The number of nitrogens with one attached hydrogen (secondary N) is 2. The van der Waals surface area contributed by atoms with Crippen molar-refractivity contribution in [3.8, 4) is 0 Å². The molecule has 0 aromatic heterocycles. The van der Waals surface area contributed by atoms with Gasteiger partial charge in [-0.3, -0.25) is 4.79 Å². The molecule has 128 valence electrons. The average Bonchev–Trinajstić information content (AvgIpc) is 2.45. The van der Waals surface area contributed by atoms with Crippen LogP contribution in [-0.2, 0) is 10.0 Å². The van der Waals surface area contributed by atoms with Crippen LogP contribution in [0.1, 0.15) is 31.1 Å². The molecule has 0 spiro atoms. The van der Waals surface area contributed by atoms with Crippen LogP contribution >= 0.6 is 11.6 Å². The quantitative estimate of drug-likeness (QED) is 0.866. The van der Waals surface area contributed by atoms with Gasteiger partial charge in [-0.05, 0) is 57.2 Å². The Hall–Kier alpha value is -1.89. The highest BCUT2D eigenvalue weighted by Crippen LogP contribution is 2.18. The molecule has 0 aliphatic carbocycles. The third kappa shape index (κ3) is 5.06. The van der Waals surface area contributed by atoms with Crippen molar-refractivity contribution in [3.05, 3.63) is 59.1 Å². The fourth-order valence-electron chi connectivity index (χ4n) is 2.04. The van der Waals surface area contributed by atoms with Gasteiger partial charge < -0.3 is 5.32 Å². The third-order valence-electron chi connectivity index (χ3n) is 2.93. The largest absolute Gasteiger partial charge is 0.322 e. The lowest BCUT2D eigenvalue weighted by molar-refractivity contribution is 0.102. The molecule has 2 aromatic carbocycles. The second kappa shape index (κ2) is 6.93. The van der Waals surface area contributed by atoms with Crippen LogP contribution in [0, 0.1) is 0 Å². The van der Waals surface area contributed by atoms with Gasteiger partial charge in [-0.15, -0.1) is 0 Å². The second-order valence-corrected chi connectivity index (χ2v) is 8.47. The van der Waals surface area contributed by atoms with E-state index in [1.807, 2.05) is 0 Å². The van der Waals surface area contributed by atoms with E-state index in [-0.39, 0.29) is 10.5 Å². The monoisotopic (exact) mass is 366 g/mol. The number of halogens is 1. The zero-order chi connectivity index (χ0) is 18.0. The van der Waals surface area contributed by atoms with Crippen LogP contribution in [-0.4, -0.2) is 19.9 Å². The van der Waals surface area contributed by atoms with Gasteiger partial charge in [0, 0.05) is 21.8 Å². The van der Waals surface area contributed by atoms with Gasteiger partial charge in [0.1, 0.15) is 0 Å². The zero-order valence-electron chi connectivity index (χ0n) is 13.6. The molecule has 1 amide bonds. The van der Waals surface area contributed by atoms with Crippen molar-refractivity contribution in [1.29, 1.82) is 0 Å². The number of sulfonamides is 1. The number of carbonyl (C=O) groups excluding carboxylic acids is 1. The van der Waals surface area contributed by atoms with Crippen LogP contribution in [0.3, 0.4) is 0 Å². The normalized spacial score (nSPS) is 12.0. The smallest absolute Gasteiger partial charge is 0.255 e. The van der Waals surface area contributed by atoms with Gasteiger partial charge in [0.15, 0.2) is 0 Å². The first-order valence-electron chi connectivity index (χ1n) is 7.28. The molecule has 0 unspecified atom stereocenters. The lowest BCUT2D eigenvalue weighted by Crippen LogP contribution is -2.40. The Morgan fingerprint density at radius 1 is 1.04 bits per heavy atom. The summed E-state index contributed by atoms with van der Waals surface area (Å²) in [4.78, 5) is 12.4. The zero-order valence-corrected chi connectivity index (χ0v) is 15.2. The molecule has 0 aliphatic rings. The number of hydrogen-bond donors (Lipinski definition) is 2. The Morgan fingerprint density at radius 3 is 2.33 bits per heavy atom. The fraction of sp³-hybridized carbons (Fsp3) is 0.235. The molecule has 0 heterocycles. The highest BCUT2D eigenvalue weighted by Gasteiger charge is 2.22. The summed E-state index contributed by atoms with van der Waals surface area (Å²) < 4.78 is 27.3. The van der Waals surface area contributed by atoms with Gasteiger partial charge in [-0.1, -0.05) is 23.7 Å². The molecule has 0 aliphatic heterocycles. The predicted octanol–water partition coefficient (Wildman–Crippen LogP) is 3.67. The molecule has 2 rings (SSSR count). The number of hydrogen-bond acceptors (Lipinski definition) is 3. The van der Waals surface area contributed by atoms with E-state index in [1.54, 1.807) is 51.1 Å². The molecule has 5 nitrogen and oxygen atoms in total. The third-order valence-corrected chi connectivity index (χ3v) is 4.92. The molecule has 0 atom stereocenters. The van der Waals surface area contributed by atoms with Crippen molar-refractivity contribution in [1.82, 2.24) is 4.72 Å². The van der Waals surface area contributed by atoms with E-state index in [0.717, 1.165) is 0 Å². The molecule has 7 heteroatoms. The maximum atomic E-state index is 12.4. The van der Waals surface area contributed by atoms with E-state index in [2.05, 4.69) is 10.0 Å². The van der Waals surface area contributed by atoms with Crippen LogP contribution < -0.4 is 10.0 Å². The van der Waals surface area contributed by atoms with Crippen molar-refractivity contribution in [2.75, 3.05) is 5.32 Å². The van der Waals surface area contributed by atoms with Gasteiger partial charge in [-0.2, -0.15) is 0 Å². The minimum absolute atomic E-state index is 0.0381. The molecule has 0 bridgehead atoms. The first-order valence-corrected chi connectivity index (χ1v) is 9.14. The van der Waals surface area contributed by atoms with Gasteiger partial charge in [0.05, 0.1) is 4.90 Å². The first-order chi connectivity index (χ1) is 11.1. The van der Waals surface area contributed by atoms with Crippen molar-refractivity contribution in [3.63, 3.8) is 0 Å². The molecule has 2 aromatic rings. The van der Waals surface area contributed by atoms with Crippen molar-refractivity contribution in [2.45, 2.75) is 31.2 Å². The number of anilines is 1.